The zero-order valence-corrected chi connectivity index (χ0v) is 21.3. The molecule has 2 bridgehead atoms. The molecule has 3 aliphatic heterocycles. The Kier molecular flexibility index (Phi) is 6.24. The minimum atomic E-state index is -1.29. The minimum Gasteiger partial charge on any atom is -0.481 e. The second kappa shape index (κ2) is 9.63. The van der Waals surface area contributed by atoms with Crippen molar-refractivity contribution in [2.75, 3.05) is 18.1 Å². The molecule has 200 valence electrons. The van der Waals surface area contributed by atoms with Crippen LogP contribution >= 0.6 is 0 Å². The number of hydrogen-bond donors (Lipinski definition) is 2. The molecule has 6 atom stereocenters. The number of likely N-dealkylation sites (tertiary alicyclic amines) is 1. The highest BCUT2D eigenvalue weighted by molar-refractivity contribution is 6.05. The van der Waals surface area contributed by atoms with Gasteiger partial charge in [0.15, 0.2) is 0 Å². The van der Waals surface area contributed by atoms with E-state index in [1.54, 1.807) is 35.2 Å². The van der Waals surface area contributed by atoms with Gasteiger partial charge in [-0.15, -0.1) is 6.58 Å². The number of hydrogen-bond acceptors (Lipinski definition) is 5. The van der Waals surface area contributed by atoms with E-state index in [2.05, 4.69) is 6.58 Å². The highest BCUT2D eigenvalue weighted by atomic mass is 16.5. The van der Waals surface area contributed by atoms with Gasteiger partial charge in [-0.05, 0) is 41.3 Å². The van der Waals surface area contributed by atoms with Crippen molar-refractivity contribution in [3.63, 3.8) is 0 Å². The van der Waals surface area contributed by atoms with Crippen molar-refractivity contribution in [3.05, 3.63) is 91.0 Å². The van der Waals surface area contributed by atoms with Gasteiger partial charge in [0.1, 0.15) is 11.6 Å². The van der Waals surface area contributed by atoms with Gasteiger partial charge in [-0.1, -0.05) is 66.7 Å². The van der Waals surface area contributed by atoms with E-state index in [0.29, 0.717) is 24.1 Å². The molecule has 2 unspecified atom stereocenters. The van der Waals surface area contributed by atoms with Crippen LogP contribution in [0.4, 0.5) is 5.69 Å². The van der Waals surface area contributed by atoms with Crippen LogP contribution in [0.15, 0.2) is 85.5 Å². The number of carbonyl (C=O) groups is 3. The number of aliphatic hydroxyl groups is 1. The van der Waals surface area contributed by atoms with Gasteiger partial charge < -0.3 is 24.7 Å². The van der Waals surface area contributed by atoms with Crippen molar-refractivity contribution in [1.82, 2.24) is 4.90 Å². The second-order valence-corrected chi connectivity index (χ2v) is 10.5. The number of carbonyl (C=O) groups excluding carboxylic acids is 2. The molecular weight excluding hydrogens is 496 g/mol. The average Bonchev–Trinajstić information content (AvgIpc) is 3.60. The van der Waals surface area contributed by atoms with Crippen molar-refractivity contribution in [1.29, 1.82) is 0 Å². The molecule has 2 N–H and O–H groups in total. The fourth-order valence-corrected chi connectivity index (χ4v) is 6.96. The van der Waals surface area contributed by atoms with Crippen LogP contribution in [-0.4, -0.2) is 63.8 Å². The summed E-state index contributed by atoms with van der Waals surface area (Å²) in [6.07, 6.45) is 1.83. The number of rotatable bonds is 8. The lowest BCUT2D eigenvalue weighted by Crippen LogP contribution is -2.57. The molecule has 0 aliphatic carbocycles. The monoisotopic (exact) mass is 526 g/mol. The molecule has 3 aromatic rings. The van der Waals surface area contributed by atoms with E-state index in [4.69, 9.17) is 4.74 Å². The van der Waals surface area contributed by atoms with E-state index >= 15 is 0 Å². The molecular formula is C31H30N2O6. The Morgan fingerprint density at radius 1 is 1.10 bits per heavy atom. The number of aliphatic hydroxyl groups excluding tert-OH is 1. The van der Waals surface area contributed by atoms with Crippen molar-refractivity contribution in [2.45, 2.75) is 36.6 Å². The molecule has 3 fully saturated rings. The smallest absolute Gasteiger partial charge is 0.310 e. The van der Waals surface area contributed by atoms with E-state index in [0.717, 1.165) is 10.8 Å². The predicted molar refractivity (Wildman–Crippen MR) is 145 cm³/mol. The van der Waals surface area contributed by atoms with Crippen LogP contribution < -0.4 is 4.90 Å². The van der Waals surface area contributed by atoms with Crippen molar-refractivity contribution >= 4 is 34.2 Å². The highest BCUT2D eigenvalue weighted by Crippen LogP contribution is 2.60. The second-order valence-electron chi connectivity index (χ2n) is 10.5. The highest BCUT2D eigenvalue weighted by Gasteiger charge is 2.75. The first-order valence-corrected chi connectivity index (χ1v) is 13.2. The lowest BCUT2D eigenvalue weighted by Gasteiger charge is -2.39. The molecule has 0 aromatic heterocycles. The van der Waals surface area contributed by atoms with Gasteiger partial charge in [0.05, 0.1) is 30.6 Å². The van der Waals surface area contributed by atoms with Crippen LogP contribution in [0.3, 0.4) is 0 Å². The predicted octanol–water partition coefficient (Wildman–Crippen LogP) is 3.55. The summed E-state index contributed by atoms with van der Waals surface area (Å²) in [5, 5.41) is 22.6. The molecule has 8 heteroatoms. The number of benzene rings is 3. The molecule has 3 aliphatic rings. The first-order chi connectivity index (χ1) is 18.9. The van der Waals surface area contributed by atoms with E-state index in [1.807, 2.05) is 48.5 Å². The topological polar surface area (TPSA) is 107 Å². The van der Waals surface area contributed by atoms with Gasteiger partial charge >= 0.3 is 5.97 Å². The normalized spacial score (nSPS) is 27.9. The fraction of sp³-hybridized carbons (Fsp3) is 0.323. The maximum absolute atomic E-state index is 14.7. The van der Waals surface area contributed by atoms with Gasteiger partial charge in [-0.25, -0.2) is 0 Å². The summed E-state index contributed by atoms with van der Waals surface area (Å²) in [7, 11) is 0. The van der Waals surface area contributed by atoms with Crippen molar-refractivity contribution in [3.8, 4) is 0 Å². The lowest BCUT2D eigenvalue weighted by atomic mass is 9.70. The average molecular weight is 527 g/mol. The number of aliphatic carboxylic acids is 1. The van der Waals surface area contributed by atoms with Gasteiger partial charge in [0, 0.05) is 12.2 Å². The number of nitrogens with zero attached hydrogens (tertiary/aromatic N) is 2. The zero-order valence-electron chi connectivity index (χ0n) is 21.3. The van der Waals surface area contributed by atoms with Crippen LogP contribution in [-0.2, 0) is 19.1 Å². The minimum absolute atomic E-state index is 0.178. The van der Waals surface area contributed by atoms with Crippen LogP contribution in [0.5, 0.6) is 0 Å². The molecule has 0 radical (unpaired) electrons. The molecule has 39 heavy (non-hydrogen) atoms. The van der Waals surface area contributed by atoms with Crippen LogP contribution in [0.2, 0.25) is 0 Å². The molecule has 1 spiro atoms. The molecule has 6 rings (SSSR count). The summed E-state index contributed by atoms with van der Waals surface area (Å²) in [5.74, 6) is -4.02. The van der Waals surface area contributed by atoms with E-state index in [9.17, 15) is 24.6 Å². The molecule has 3 heterocycles. The van der Waals surface area contributed by atoms with Gasteiger partial charge in [-0.2, -0.15) is 0 Å². The number of carboxylic acid groups (broad SMARTS) is 1. The fourth-order valence-electron chi connectivity index (χ4n) is 6.96. The summed E-state index contributed by atoms with van der Waals surface area (Å²) in [4.78, 5) is 44.1. The summed E-state index contributed by atoms with van der Waals surface area (Å²) in [6, 6.07) is 20.6. The Balaban J connectivity index is 1.49. The Labute approximate surface area is 226 Å². The first-order valence-electron chi connectivity index (χ1n) is 13.2. The number of carboxylic acids is 1. The third kappa shape index (κ3) is 3.78. The quantitative estimate of drug-likeness (QED) is 0.435. The molecule has 0 saturated carbocycles. The summed E-state index contributed by atoms with van der Waals surface area (Å²) < 4.78 is 6.36. The molecule has 2 amide bonds. The molecule has 3 aromatic carbocycles. The number of ether oxygens (including phenoxy) is 1. The SMILES string of the molecule is C=CCN(C(=O)C1N([C@H](CO)c2ccccc2)C(=O)[C@@H]2[C@H](C(=O)O)[C@@H]3CCC12O3)c1ccc2ccccc2c1. The van der Waals surface area contributed by atoms with Crippen molar-refractivity contribution in [2.24, 2.45) is 11.8 Å². The van der Waals surface area contributed by atoms with Gasteiger partial charge in [0.25, 0.3) is 5.91 Å². The summed E-state index contributed by atoms with van der Waals surface area (Å²) in [6.45, 7) is 3.60. The van der Waals surface area contributed by atoms with Gasteiger partial charge in [-0.3, -0.25) is 14.4 Å². The third-order valence-corrected chi connectivity index (χ3v) is 8.57. The van der Waals surface area contributed by atoms with Gasteiger partial charge in [0.2, 0.25) is 5.91 Å². The lowest BCUT2D eigenvalue weighted by molar-refractivity contribution is -0.151. The summed E-state index contributed by atoms with van der Waals surface area (Å²) >= 11 is 0. The number of fused-ring (bicyclic) bond motifs is 2. The van der Waals surface area contributed by atoms with E-state index in [1.165, 1.54) is 4.90 Å². The number of anilines is 1. The third-order valence-electron chi connectivity index (χ3n) is 8.57. The maximum atomic E-state index is 14.7. The van der Waals surface area contributed by atoms with Crippen molar-refractivity contribution < 1.29 is 29.3 Å². The Hall–Kier alpha value is -4.01. The summed E-state index contributed by atoms with van der Waals surface area (Å²) in [5.41, 5.74) is -0.00116. The Morgan fingerprint density at radius 3 is 2.51 bits per heavy atom. The number of amides is 2. The van der Waals surface area contributed by atoms with E-state index in [-0.39, 0.29) is 12.5 Å². The Morgan fingerprint density at radius 2 is 1.82 bits per heavy atom. The Bertz CT molecular complexity index is 1460. The standard InChI is InChI=1S/C31H30N2O6/c1-2-16-32(22-13-12-19-8-6-7-11-21(19)17-22)29(36)27-31-15-14-24(39-31)25(30(37)38)26(31)28(35)33(27)23(18-34)20-9-4-3-5-10-20/h2-13,17,23-27,34H,1,14-16,18H2,(H,37,38)/t23-,24+,25-,26+,27?,31?/m1/s1. The zero-order chi connectivity index (χ0) is 27.3. The molecule has 8 nitrogen and oxygen atoms in total. The van der Waals surface area contributed by atoms with Crippen LogP contribution in [0.25, 0.3) is 10.8 Å². The molecule has 3 saturated heterocycles. The van der Waals surface area contributed by atoms with Crippen LogP contribution in [0.1, 0.15) is 24.4 Å². The largest absolute Gasteiger partial charge is 0.481 e. The first kappa shape index (κ1) is 25.3. The van der Waals surface area contributed by atoms with E-state index < -0.39 is 54.1 Å². The van der Waals surface area contributed by atoms with Crippen LogP contribution in [0, 0.1) is 11.8 Å². The maximum Gasteiger partial charge on any atom is 0.310 e.